The lowest BCUT2D eigenvalue weighted by molar-refractivity contribution is -0.0843. The number of methoxy groups -OCH3 is 1. The topological polar surface area (TPSA) is 59.7 Å². The van der Waals surface area contributed by atoms with E-state index in [0.717, 1.165) is 43.9 Å². The Kier molecular flexibility index (Phi) is 6.92. The Balaban J connectivity index is 1.71. The quantitative estimate of drug-likeness (QED) is 0.784. The third-order valence-electron chi connectivity index (χ3n) is 5.92. The minimum absolute atomic E-state index is 0.0797. The molecule has 0 aliphatic carbocycles. The molecule has 0 amide bonds. The first-order chi connectivity index (χ1) is 13.9. The molecule has 2 atom stereocenters. The van der Waals surface area contributed by atoms with Crippen molar-refractivity contribution in [1.82, 2.24) is 9.80 Å². The molecule has 1 saturated heterocycles. The fraction of sp³-hybridized carbons (Fsp3) is 0.458. The first kappa shape index (κ1) is 21.3. The second kappa shape index (κ2) is 9.41. The van der Waals surface area contributed by atoms with Crippen LogP contribution in [-0.4, -0.2) is 62.3 Å². The monoisotopic (exact) mass is 393 g/mol. The molecular weight excluding hydrogens is 362 g/mol. The van der Waals surface area contributed by atoms with Gasteiger partial charge in [-0.3, -0.25) is 0 Å². The molecule has 5 nitrogen and oxygen atoms in total. The molecule has 2 unspecified atom stereocenters. The highest BCUT2D eigenvalue weighted by atomic mass is 16.5. The molecule has 1 aliphatic rings. The summed E-state index contributed by atoms with van der Waals surface area (Å²) in [6.45, 7) is 3.44. The number of rotatable bonds is 7. The number of ether oxygens (including phenoxy) is 1. The number of benzene rings is 2. The smallest absolute Gasteiger partial charge is 0.118 e. The Hall–Kier alpha value is -2.39. The Bertz CT molecular complexity index is 844. The SMILES string of the molecule is COc1ccc(CCN2CCC(O)(c3cccc(C#N)c3)C(CN(C)C)C2)cc1. The van der Waals surface area contributed by atoms with Gasteiger partial charge in [0, 0.05) is 32.1 Å². The summed E-state index contributed by atoms with van der Waals surface area (Å²) in [5.74, 6) is 0.957. The van der Waals surface area contributed by atoms with Crippen LogP contribution in [0.2, 0.25) is 0 Å². The van der Waals surface area contributed by atoms with Gasteiger partial charge in [0.2, 0.25) is 0 Å². The van der Waals surface area contributed by atoms with Gasteiger partial charge in [-0.25, -0.2) is 0 Å². The molecule has 2 aromatic carbocycles. The fourth-order valence-corrected chi connectivity index (χ4v) is 4.26. The van der Waals surface area contributed by atoms with E-state index in [9.17, 15) is 10.4 Å². The minimum atomic E-state index is -0.909. The van der Waals surface area contributed by atoms with Gasteiger partial charge in [-0.15, -0.1) is 0 Å². The van der Waals surface area contributed by atoms with Crippen molar-refractivity contribution in [1.29, 1.82) is 5.26 Å². The van der Waals surface area contributed by atoms with Crippen LogP contribution in [0.25, 0.3) is 0 Å². The number of hydrogen-bond acceptors (Lipinski definition) is 5. The van der Waals surface area contributed by atoms with Crippen LogP contribution in [0.5, 0.6) is 5.75 Å². The van der Waals surface area contributed by atoms with E-state index in [4.69, 9.17) is 4.74 Å². The highest BCUT2D eigenvalue weighted by Gasteiger charge is 2.42. The van der Waals surface area contributed by atoms with Crippen LogP contribution in [0, 0.1) is 17.2 Å². The number of aliphatic hydroxyl groups is 1. The molecule has 0 aromatic heterocycles. The van der Waals surface area contributed by atoms with Gasteiger partial charge >= 0.3 is 0 Å². The lowest BCUT2D eigenvalue weighted by atomic mass is 9.75. The van der Waals surface area contributed by atoms with Crippen molar-refractivity contribution in [3.8, 4) is 11.8 Å². The van der Waals surface area contributed by atoms with E-state index in [0.29, 0.717) is 12.0 Å². The molecule has 3 rings (SSSR count). The van der Waals surface area contributed by atoms with Crippen molar-refractivity contribution in [2.24, 2.45) is 5.92 Å². The summed E-state index contributed by atoms with van der Waals surface area (Å²) in [6.07, 6.45) is 1.64. The Morgan fingerprint density at radius 3 is 2.66 bits per heavy atom. The number of likely N-dealkylation sites (tertiary alicyclic amines) is 1. The van der Waals surface area contributed by atoms with Crippen LogP contribution in [0.4, 0.5) is 0 Å². The molecule has 0 bridgehead atoms. The normalized spacial score (nSPS) is 22.4. The van der Waals surface area contributed by atoms with Gasteiger partial charge in [0.05, 0.1) is 24.3 Å². The van der Waals surface area contributed by atoms with Crippen LogP contribution >= 0.6 is 0 Å². The van der Waals surface area contributed by atoms with E-state index in [1.54, 1.807) is 13.2 Å². The fourth-order valence-electron chi connectivity index (χ4n) is 4.26. The second-order valence-electron chi connectivity index (χ2n) is 8.22. The third-order valence-corrected chi connectivity index (χ3v) is 5.92. The van der Waals surface area contributed by atoms with Crippen LogP contribution in [0.15, 0.2) is 48.5 Å². The average Bonchev–Trinajstić information content (AvgIpc) is 2.74. The molecule has 1 heterocycles. The molecular formula is C24H31N3O2. The number of nitriles is 1. The maximum atomic E-state index is 11.7. The first-order valence-electron chi connectivity index (χ1n) is 10.2. The van der Waals surface area contributed by atoms with Crippen molar-refractivity contribution < 1.29 is 9.84 Å². The van der Waals surface area contributed by atoms with Crippen molar-refractivity contribution in [2.45, 2.75) is 18.4 Å². The lowest BCUT2D eigenvalue weighted by Crippen LogP contribution is -2.53. The van der Waals surface area contributed by atoms with Crippen LogP contribution in [-0.2, 0) is 12.0 Å². The highest BCUT2D eigenvalue weighted by Crippen LogP contribution is 2.38. The molecule has 2 aromatic rings. The van der Waals surface area contributed by atoms with E-state index < -0.39 is 5.60 Å². The van der Waals surface area contributed by atoms with Crippen LogP contribution in [0.3, 0.4) is 0 Å². The van der Waals surface area contributed by atoms with Gasteiger partial charge < -0.3 is 19.6 Å². The molecule has 1 N–H and O–H groups in total. The summed E-state index contributed by atoms with van der Waals surface area (Å²) < 4.78 is 5.23. The molecule has 0 spiro atoms. The van der Waals surface area contributed by atoms with Gasteiger partial charge in [0.15, 0.2) is 0 Å². The van der Waals surface area contributed by atoms with Gasteiger partial charge in [0.25, 0.3) is 0 Å². The zero-order chi connectivity index (χ0) is 20.9. The molecule has 0 saturated carbocycles. The summed E-state index contributed by atoms with van der Waals surface area (Å²) in [6, 6.07) is 17.9. The van der Waals surface area contributed by atoms with Crippen molar-refractivity contribution in [3.05, 3.63) is 65.2 Å². The molecule has 0 radical (unpaired) electrons. The van der Waals surface area contributed by atoms with Crippen molar-refractivity contribution in [3.63, 3.8) is 0 Å². The van der Waals surface area contributed by atoms with E-state index in [2.05, 4.69) is 28.0 Å². The largest absolute Gasteiger partial charge is 0.497 e. The van der Waals surface area contributed by atoms with E-state index in [1.807, 2.05) is 44.4 Å². The van der Waals surface area contributed by atoms with Crippen LogP contribution < -0.4 is 4.74 Å². The summed E-state index contributed by atoms with van der Waals surface area (Å²) in [7, 11) is 5.77. The van der Waals surface area contributed by atoms with Crippen LogP contribution in [0.1, 0.15) is 23.1 Å². The molecule has 1 aliphatic heterocycles. The molecule has 29 heavy (non-hydrogen) atoms. The molecule has 5 heteroatoms. The first-order valence-corrected chi connectivity index (χ1v) is 10.2. The van der Waals surface area contributed by atoms with Gasteiger partial charge in [-0.05, 0) is 62.3 Å². The maximum absolute atomic E-state index is 11.7. The third kappa shape index (κ3) is 5.16. The Morgan fingerprint density at radius 1 is 1.24 bits per heavy atom. The van der Waals surface area contributed by atoms with E-state index in [-0.39, 0.29) is 5.92 Å². The second-order valence-corrected chi connectivity index (χ2v) is 8.22. The van der Waals surface area contributed by atoms with E-state index >= 15 is 0 Å². The standard InChI is InChI=1S/C24H31N3O2/c1-26(2)17-22-18-27(13-11-19-7-9-23(29-3)10-8-19)14-12-24(22,28)21-6-4-5-20(15-21)16-25/h4-10,15,22,28H,11-14,17-18H2,1-3H3. The molecule has 1 fully saturated rings. The summed E-state index contributed by atoms with van der Waals surface area (Å²) in [5.41, 5.74) is 1.84. The summed E-state index contributed by atoms with van der Waals surface area (Å²) in [5, 5.41) is 20.9. The zero-order valence-corrected chi connectivity index (χ0v) is 17.6. The lowest BCUT2D eigenvalue weighted by Gasteiger charge is -2.46. The molecule has 154 valence electrons. The zero-order valence-electron chi connectivity index (χ0n) is 17.6. The Labute approximate surface area is 174 Å². The summed E-state index contributed by atoms with van der Waals surface area (Å²) >= 11 is 0. The van der Waals surface area contributed by atoms with Crippen molar-refractivity contribution in [2.75, 3.05) is 47.4 Å². The number of nitrogens with zero attached hydrogens (tertiary/aromatic N) is 3. The van der Waals surface area contributed by atoms with Gasteiger partial charge in [-0.2, -0.15) is 5.26 Å². The minimum Gasteiger partial charge on any atom is -0.497 e. The van der Waals surface area contributed by atoms with Gasteiger partial charge in [0.1, 0.15) is 5.75 Å². The number of hydrogen-bond donors (Lipinski definition) is 1. The summed E-state index contributed by atoms with van der Waals surface area (Å²) in [4.78, 5) is 4.58. The van der Waals surface area contributed by atoms with Crippen molar-refractivity contribution >= 4 is 0 Å². The van der Waals surface area contributed by atoms with Gasteiger partial charge in [-0.1, -0.05) is 24.3 Å². The number of piperidine rings is 1. The maximum Gasteiger partial charge on any atom is 0.118 e. The van der Waals surface area contributed by atoms with E-state index in [1.165, 1.54) is 5.56 Å². The predicted octanol–water partition coefficient (Wildman–Crippen LogP) is 2.88. The predicted molar refractivity (Wildman–Crippen MR) is 115 cm³/mol. The average molecular weight is 394 g/mol. The highest BCUT2D eigenvalue weighted by molar-refractivity contribution is 5.36. The Morgan fingerprint density at radius 2 is 2.00 bits per heavy atom.